The van der Waals surface area contributed by atoms with Crippen molar-refractivity contribution in [3.05, 3.63) is 18.0 Å². The zero-order valence-electron chi connectivity index (χ0n) is 9.93. The van der Waals surface area contributed by atoms with E-state index < -0.39 is 6.04 Å². The van der Waals surface area contributed by atoms with Gasteiger partial charge in [-0.25, -0.2) is 0 Å². The monoisotopic (exact) mass is 258 g/mol. The second-order valence-electron chi connectivity index (χ2n) is 4.36. The zero-order chi connectivity index (χ0) is 11.5. The van der Waals surface area contributed by atoms with E-state index in [9.17, 15) is 4.79 Å². The molecule has 1 aliphatic heterocycles. The number of carbonyl (C=O) groups excluding carboxylic acids is 1. The van der Waals surface area contributed by atoms with Gasteiger partial charge in [0.1, 0.15) is 0 Å². The van der Waals surface area contributed by atoms with Gasteiger partial charge >= 0.3 is 0 Å². The van der Waals surface area contributed by atoms with Gasteiger partial charge in [-0.05, 0) is 26.2 Å². The number of carbonyl (C=O) groups is 1. The van der Waals surface area contributed by atoms with Crippen LogP contribution < -0.4 is 5.73 Å². The molecule has 5 nitrogen and oxygen atoms in total. The summed E-state index contributed by atoms with van der Waals surface area (Å²) in [5.74, 6) is 0.0332. The molecule has 0 spiro atoms. The Hall–Kier alpha value is -1.07. The van der Waals surface area contributed by atoms with Crippen LogP contribution >= 0.6 is 12.4 Å². The highest BCUT2D eigenvalue weighted by atomic mass is 35.5. The molecule has 2 atom stereocenters. The lowest BCUT2D eigenvalue weighted by Gasteiger charge is -2.36. The summed E-state index contributed by atoms with van der Waals surface area (Å²) in [6.45, 7) is 2.54. The molecule has 1 aliphatic rings. The molecular formula is C11H19ClN4O. The van der Waals surface area contributed by atoms with E-state index in [1.165, 1.54) is 0 Å². The third kappa shape index (κ3) is 2.98. The minimum Gasteiger partial charge on any atom is -0.334 e. The van der Waals surface area contributed by atoms with Crippen molar-refractivity contribution in [3.63, 3.8) is 0 Å². The summed E-state index contributed by atoms with van der Waals surface area (Å²) in [7, 11) is 0. The number of likely N-dealkylation sites (tertiary alicyclic amines) is 1. The van der Waals surface area contributed by atoms with Crippen LogP contribution in [0.2, 0.25) is 0 Å². The largest absolute Gasteiger partial charge is 0.334 e. The third-order valence-electron chi connectivity index (χ3n) is 3.08. The van der Waals surface area contributed by atoms with Crippen LogP contribution in [0.5, 0.6) is 0 Å². The quantitative estimate of drug-likeness (QED) is 0.838. The van der Waals surface area contributed by atoms with Gasteiger partial charge < -0.3 is 10.6 Å². The molecule has 1 saturated heterocycles. The molecule has 0 aliphatic carbocycles. The lowest BCUT2D eigenvalue weighted by Crippen LogP contribution is -2.46. The molecule has 1 fully saturated rings. The van der Waals surface area contributed by atoms with E-state index >= 15 is 0 Å². The molecule has 0 bridgehead atoms. The van der Waals surface area contributed by atoms with Crippen LogP contribution in [-0.2, 0) is 4.79 Å². The molecule has 17 heavy (non-hydrogen) atoms. The van der Waals surface area contributed by atoms with E-state index in [0.29, 0.717) is 0 Å². The number of H-pyrrole nitrogens is 1. The summed E-state index contributed by atoms with van der Waals surface area (Å²) >= 11 is 0. The van der Waals surface area contributed by atoms with Gasteiger partial charge in [-0.2, -0.15) is 5.10 Å². The average Bonchev–Trinajstić information content (AvgIpc) is 2.81. The number of nitrogens with two attached hydrogens (primary N) is 1. The van der Waals surface area contributed by atoms with E-state index in [1.807, 2.05) is 11.1 Å². The number of aromatic amines is 1. The molecule has 3 N–H and O–H groups in total. The number of hydrogen-bond donors (Lipinski definition) is 2. The minimum atomic E-state index is -0.424. The maximum atomic E-state index is 12.0. The van der Waals surface area contributed by atoms with E-state index in [-0.39, 0.29) is 24.4 Å². The Bertz CT molecular complexity index is 352. The molecule has 2 heterocycles. The van der Waals surface area contributed by atoms with Gasteiger partial charge in [0.15, 0.2) is 0 Å². The second kappa shape index (κ2) is 6.02. The Kier molecular flexibility index (Phi) is 4.96. The number of hydrogen-bond acceptors (Lipinski definition) is 3. The Morgan fingerprint density at radius 2 is 2.41 bits per heavy atom. The van der Waals surface area contributed by atoms with Gasteiger partial charge in [0.05, 0.1) is 18.3 Å². The minimum absolute atomic E-state index is 0. The molecule has 1 aromatic heterocycles. The highest BCUT2D eigenvalue weighted by molar-refractivity contribution is 5.85. The molecule has 6 heteroatoms. The molecule has 96 valence electrons. The van der Waals surface area contributed by atoms with Crippen LogP contribution in [0.1, 0.15) is 37.8 Å². The predicted molar refractivity (Wildman–Crippen MR) is 67.8 cm³/mol. The molecule has 0 saturated carbocycles. The van der Waals surface area contributed by atoms with Crippen molar-refractivity contribution in [3.8, 4) is 0 Å². The molecule has 1 amide bonds. The van der Waals surface area contributed by atoms with E-state index in [1.54, 1.807) is 13.1 Å². The van der Waals surface area contributed by atoms with Crippen LogP contribution in [0.25, 0.3) is 0 Å². The van der Waals surface area contributed by atoms with Crippen molar-refractivity contribution in [2.45, 2.75) is 38.3 Å². The van der Waals surface area contributed by atoms with Crippen molar-refractivity contribution >= 4 is 18.3 Å². The Labute approximate surface area is 107 Å². The van der Waals surface area contributed by atoms with Crippen LogP contribution in [0.3, 0.4) is 0 Å². The lowest BCUT2D eigenvalue weighted by molar-refractivity contribution is -0.136. The van der Waals surface area contributed by atoms with Crippen LogP contribution in [0, 0.1) is 0 Å². The number of aromatic nitrogens is 2. The van der Waals surface area contributed by atoms with Gasteiger partial charge in [-0.3, -0.25) is 9.89 Å². The summed E-state index contributed by atoms with van der Waals surface area (Å²) in [5.41, 5.74) is 6.75. The first-order valence-electron chi connectivity index (χ1n) is 5.75. The van der Waals surface area contributed by atoms with Crippen LogP contribution in [0.15, 0.2) is 12.4 Å². The third-order valence-corrected chi connectivity index (χ3v) is 3.08. The average molecular weight is 259 g/mol. The van der Waals surface area contributed by atoms with Crippen molar-refractivity contribution in [2.75, 3.05) is 6.54 Å². The number of nitrogens with one attached hydrogen (secondary N) is 1. The molecule has 2 rings (SSSR count). The summed E-state index contributed by atoms with van der Waals surface area (Å²) in [4.78, 5) is 13.9. The second-order valence-corrected chi connectivity index (χ2v) is 4.36. The van der Waals surface area contributed by atoms with Gasteiger partial charge in [0.2, 0.25) is 5.91 Å². The highest BCUT2D eigenvalue weighted by Crippen LogP contribution is 2.30. The highest BCUT2D eigenvalue weighted by Gasteiger charge is 2.29. The predicted octanol–water partition coefficient (Wildman–Crippen LogP) is 1.23. The Balaban J connectivity index is 0.00000144. The van der Waals surface area contributed by atoms with E-state index in [4.69, 9.17) is 5.73 Å². The molecule has 0 aromatic carbocycles. The van der Waals surface area contributed by atoms with Crippen molar-refractivity contribution in [1.82, 2.24) is 15.1 Å². The molecule has 1 aromatic rings. The SMILES string of the molecule is CC(N)C(=O)N1CCCCC1c1cn[nH]c1.Cl. The van der Waals surface area contributed by atoms with E-state index in [0.717, 1.165) is 31.4 Å². The van der Waals surface area contributed by atoms with Gasteiger partial charge in [0, 0.05) is 18.3 Å². The Morgan fingerprint density at radius 3 is 3.00 bits per heavy atom. The first-order valence-corrected chi connectivity index (χ1v) is 5.75. The Morgan fingerprint density at radius 1 is 1.65 bits per heavy atom. The van der Waals surface area contributed by atoms with Crippen molar-refractivity contribution in [2.24, 2.45) is 5.73 Å². The smallest absolute Gasteiger partial charge is 0.239 e. The first-order chi connectivity index (χ1) is 7.70. The lowest BCUT2D eigenvalue weighted by atomic mass is 9.97. The zero-order valence-corrected chi connectivity index (χ0v) is 10.7. The summed E-state index contributed by atoms with van der Waals surface area (Å²) in [6.07, 6.45) is 6.86. The summed E-state index contributed by atoms with van der Waals surface area (Å²) in [6, 6.07) is -0.279. The van der Waals surface area contributed by atoms with Crippen molar-refractivity contribution < 1.29 is 4.79 Å². The van der Waals surface area contributed by atoms with Crippen LogP contribution in [0.4, 0.5) is 0 Å². The fourth-order valence-corrected chi connectivity index (χ4v) is 2.25. The number of rotatable bonds is 2. The van der Waals surface area contributed by atoms with Gasteiger partial charge in [0.25, 0.3) is 0 Å². The number of piperidine rings is 1. The fraction of sp³-hybridized carbons (Fsp3) is 0.636. The first kappa shape index (κ1) is 14.0. The van der Waals surface area contributed by atoms with Crippen LogP contribution in [-0.4, -0.2) is 33.6 Å². The van der Waals surface area contributed by atoms with Gasteiger partial charge in [-0.1, -0.05) is 0 Å². The summed E-state index contributed by atoms with van der Waals surface area (Å²) < 4.78 is 0. The van der Waals surface area contributed by atoms with Gasteiger partial charge in [-0.15, -0.1) is 12.4 Å². The number of nitrogens with zero attached hydrogens (tertiary/aromatic N) is 2. The van der Waals surface area contributed by atoms with Crippen molar-refractivity contribution in [1.29, 1.82) is 0 Å². The standard InChI is InChI=1S/C11H18N4O.ClH/c1-8(12)11(16)15-5-3-2-4-10(15)9-6-13-14-7-9;/h6-8,10H,2-5,12H2,1H3,(H,13,14);1H. The molecule has 2 unspecified atom stereocenters. The topological polar surface area (TPSA) is 75.0 Å². The summed E-state index contributed by atoms with van der Waals surface area (Å²) in [5, 5.41) is 6.74. The maximum Gasteiger partial charge on any atom is 0.239 e. The number of amides is 1. The molecular weight excluding hydrogens is 240 g/mol. The normalized spacial score (nSPS) is 21.8. The fourth-order valence-electron chi connectivity index (χ4n) is 2.25. The maximum absolute atomic E-state index is 12.0. The number of halogens is 1. The molecule has 0 radical (unpaired) electrons. The van der Waals surface area contributed by atoms with E-state index in [2.05, 4.69) is 10.2 Å².